The van der Waals surface area contributed by atoms with Crippen molar-refractivity contribution in [2.75, 3.05) is 6.54 Å². The standard InChI is InChI=1S/C11H13N3OS/c1-3-4-12-5-10-13-11(14-15-10)9-7-16-6-8(9)2/h3,6-7,12H,1,4-5H2,2H3. The van der Waals surface area contributed by atoms with E-state index in [1.807, 2.05) is 12.3 Å². The van der Waals surface area contributed by atoms with Gasteiger partial charge in [0.15, 0.2) is 0 Å². The average molecular weight is 235 g/mol. The Bertz CT molecular complexity index is 475. The van der Waals surface area contributed by atoms with Gasteiger partial charge < -0.3 is 9.84 Å². The number of nitrogens with one attached hydrogen (secondary N) is 1. The highest BCUT2D eigenvalue weighted by atomic mass is 32.1. The number of aromatic nitrogens is 2. The lowest BCUT2D eigenvalue weighted by Crippen LogP contribution is -2.12. The van der Waals surface area contributed by atoms with Gasteiger partial charge in [0.2, 0.25) is 11.7 Å². The van der Waals surface area contributed by atoms with Crippen LogP contribution in [0.1, 0.15) is 11.5 Å². The van der Waals surface area contributed by atoms with Crippen molar-refractivity contribution in [3.05, 3.63) is 34.9 Å². The highest BCUT2D eigenvalue weighted by Crippen LogP contribution is 2.23. The Kier molecular flexibility index (Phi) is 3.48. The zero-order valence-electron chi connectivity index (χ0n) is 9.06. The number of hydrogen-bond donors (Lipinski definition) is 1. The first-order chi connectivity index (χ1) is 7.81. The van der Waals surface area contributed by atoms with Gasteiger partial charge in [-0.1, -0.05) is 11.2 Å². The molecule has 0 aliphatic rings. The van der Waals surface area contributed by atoms with E-state index in [0.29, 0.717) is 18.3 Å². The fraction of sp³-hybridized carbons (Fsp3) is 0.273. The van der Waals surface area contributed by atoms with E-state index in [1.54, 1.807) is 17.4 Å². The zero-order valence-corrected chi connectivity index (χ0v) is 9.88. The van der Waals surface area contributed by atoms with Gasteiger partial charge in [-0.25, -0.2) is 0 Å². The highest BCUT2D eigenvalue weighted by Gasteiger charge is 2.10. The molecule has 0 aromatic carbocycles. The fourth-order valence-electron chi connectivity index (χ4n) is 1.31. The van der Waals surface area contributed by atoms with Crippen molar-refractivity contribution < 1.29 is 4.52 Å². The van der Waals surface area contributed by atoms with E-state index in [2.05, 4.69) is 27.4 Å². The lowest BCUT2D eigenvalue weighted by atomic mass is 10.2. The molecule has 0 atom stereocenters. The van der Waals surface area contributed by atoms with Crippen molar-refractivity contribution in [3.8, 4) is 11.4 Å². The molecule has 5 heteroatoms. The molecule has 2 aromatic heterocycles. The average Bonchev–Trinajstić information content (AvgIpc) is 2.87. The Morgan fingerprint density at radius 2 is 2.44 bits per heavy atom. The Balaban J connectivity index is 2.08. The third-order valence-corrected chi connectivity index (χ3v) is 2.99. The van der Waals surface area contributed by atoms with Crippen LogP contribution in [0.5, 0.6) is 0 Å². The summed E-state index contributed by atoms with van der Waals surface area (Å²) in [6.07, 6.45) is 1.79. The molecule has 0 saturated heterocycles. The summed E-state index contributed by atoms with van der Waals surface area (Å²) < 4.78 is 5.14. The van der Waals surface area contributed by atoms with E-state index >= 15 is 0 Å². The van der Waals surface area contributed by atoms with Crippen LogP contribution in [0.25, 0.3) is 11.4 Å². The molecule has 2 rings (SSSR count). The van der Waals surface area contributed by atoms with Crippen LogP contribution >= 0.6 is 11.3 Å². The van der Waals surface area contributed by atoms with Crippen LogP contribution in [-0.2, 0) is 6.54 Å². The van der Waals surface area contributed by atoms with Gasteiger partial charge in [-0.15, -0.1) is 6.58 Å². The number of thiophene rings is 1. The molecule has 0 fully saturated rings. The normalized spacial score (nSPS) is 10.6. The minimum absolute atomic E-state index is 0.572. The monoisotopic (exact) mass is 235 g/mol. The highest BCUT2D eigenvalue weighted by molar-refractivity contribution is 7.08. The van der Waals surface area contributed by atoms with Gasteiger partial charge in [0.1, 0.15) is 0 Å². The molecule has 0 aliphatic heterocycles. The van der Waals surface area contributed by atoms with Gasteiger partial charge in [-0.05, 0) is 17.9 Å². The van der Waals surface area contributed by atoms with Crippen molar-refractivity contribution in [2.45, 2.75) is 13.5 Å². The molecular weight excluding hydrogens is 222 g/mol. The van der Waals surface area contributed by atoms with Crippen molar-refractivity contribution in [3.63, 3.8) is 0 Å². The molecule has 84 valence electrons. The summed E-state index contributed by atoms with van der Waals surface area (Å²) in [4.78, 5) is 4.32. The molecule has 1 N–H and O–H groups in total. The minimum Gasteiger partial charge on any atom is -0.338 e. The van der Waals surface area contributed by atoms with Crippen LogP contribution in [0.3, 0.4) is 0 Å². The molecule has 0 amide bonds. The van der Waals surface area contributed by atoms with Crippen molar-refractivity contribution >= 4 is 11.3 Å². The van der Waals surface area contributed by atoms with Crippen molar-refractivity contribution in [2.24, 2.45) is 0 Å². The number of aryl methyl sites for hydroxylation is 1. The van der Waals surface area contributed by atoms with E-state index in [0.717, 1.165) is 12.1 Å². The topological polar surface area (TPSA) is 51.0 Å². The summed E-state index contributed by atoms with van der Waals surface area (Å²) in [6, 6.07) is 0. The second-order valence-corrected chi connectivity index (χ2v) is 4.14. The lowest BCUT2D eigenvalue weighted by Gasteiger charge is -1.93. The smallest absolute Gasteiger partial charge is 0.240 e. The van der Waals surface area contributed by atoms with Crippen LogP contribution in [0.4, 0.5) is 0 Å². The summed E-state index contributed by atoms with van der Waals surface area (Å²) in [5, 5.41) is 11.2. The van der Waals surface area contributed by atoms with E-state index in [4.69, 9.17) is 4.52 Å². The maximum Gasteiger partial charge on any atom is 0.240 e. The predicted molar refractivity (Wildman–Crippen MR) is 64.3 cm³/mol. The van der Waals surface area contributed by atoms with Gasteiger partial charge in [0, 0.05) is 17.5 Å². The van der Waals surface area contributed by atoms with E-state index in [-0.39, 0.29) is 0 Å². The maximum atomic E-state index is 5.14. The molecule has 0 spiro atoms. The molecule has 4 nitrogen and oxygen atoms in total. The molecule has 2 heterocycles. The van der Waals surface area contributed by atoms with Crippen LogP contribution in [0.15, 0.2) is 27.9 Å². The molecule has 0 radical (unpaired) electrons. The van der Waals surface area contributed by atoms with Gasteiger partial charge in [0.25, 0.3) is 0 Å². The summed E-state index contributed by atoms with van der Waals surface area (Å²) in [7, 11) is 0. The Morgan fingerprint density at radius 1 is 1.56 bits per heavy atom. The van der Waals surface area contributed by atoms with Crippen LogP contribution in [0.2, 0.25) is 0 Å². The Hall–Kier alpha value is -1.46. The van der Waals surface area contributed by atoms with E-state index < -0.39 is 0 Å². The predicted octanol–water partition coefficient (Wildman–Crippen LogP) is 2.38. The molecular formula is C11H13N3OS. The van der Waals surface area contributed by atoms with Crippen LogP contribution in [0, 0.1) is 6.92 Å². The van der Waals surface area contributed by atoms with E-state index in [9.17, 15) is 0 Å². The van der Waals surface area contributed by atoms with Crippen molar-refractivity contribution in [1.29, 1.82) is 0 Å². The molecule has 0 saturated carbocycles. The SMILES string of the molecule is C=CCNCc1nc(-c2cscc2C)no1. The second-order valence-electron chi connectivity index (χ2n) is 3.40. The van der Waals surface area contributed by atoms with Gasteiger partial charge in [-0.3, -0.25) is 0 Å². The first-order valence-corrected chi connectivity index (χ1v) is 5.93. The quantitative estimate of drug-likeness (QED) is 0.638. The maximum absolute atomic E-state index is 5.14. The zero-order chi connectivity index (χ0) is 11.4. The number of nitrogens with zero attached hydrogens (tertiary/aromatic N) is 2. The summed E-state index contributed by atoms with van der Waals surface area (Å²) >= 11 is 1.64. The molecule has 0 bridgehead atoms. The second kappa shape index (κ2) is 5.05. The van der Waals surface area contributed by atoms with Crippen LogP contribution in [-0.4, -0.2) is 16.7 Å². The fourth-order valence-corrected chi connectivity index (χ4v) is 2.13. The van der Waals surface area contributed by atoms with Crippen molar-refractivity contribution in [1.82, 2.24) is 15.5 Å². The molecule has 16 heavy (non-hydrogen) atoms. The Labute approximate surface area is 98.0 Å². The first-order valence-electron chi connectivity index (χ1n) is 4.98. The molecule has 0 unspecified atom stereocenters. The lowest BCUT2D eigenvalue weighted by molar-refractivity contribution is 0.370. The molecule has 2 aromatic rings. The van der Waals surface area contributed by atoms with Gasteiger partial charge in [-0.2, -0.15) is 16.3 Å². The Morgan fingerprint density at radius 3 is 3.12 bits per heavy atom. The van der Waals surface area contributed by atoms with Gasteiger partial charge in [0.05, 0.1) is 6.54 Å². The van der Waals surface area contributed by atoms with E-state index in [1.165, 1.54) is 5.56 Å². The third kappa shape index (κ3) is 2.37. The number of rotatable bonds is 5. The summed E-state index contributed by atoms with van der Waals surface area (Å²) in [5.74, 6) is 1.26. The third-order valence-electron chi connectivity index (χ3n) is 2.13. The van der Waals surface area contributed by atoms with Crippen LogP contribution < -0.4 is 5.32 Å². The first kappa shape index (κ1) is 11.0. The summed E-state index contributed by atoms with van der Waals surface area (Å²) in [5.41, 5.74) is 2.22. The minimum atomic E-state index is 0.572. The summed E-state index contributed by atoms with van der Waals surface area (Å²) in [6.45, 7) is 6.96. The largest absolute Gasteiger partial charge is 0.338 e. The number of hydrogen-bond acceptors (Lipinski definition) is 5. The molecule has 0 aliphatic carbocycles. The van der Waals surface area contributed by atoms with Gasteiger partial charge >= 0.3 is 0 Å².